The quantitative estimate of drug-likeness (QED) is 0.817. The van der Waals surface area contributed by atoms with Gasteiger partial charge in [0, 0.05) is 11.5 Å². The third kappa shape index (κ3) is 2.07. The summed E-state index contributed by atoms with van der Waals surface area (Å²) in [4.78, 5) is 0. The Hall–Kier alpha value is -1.02. The maximum atomic E-state index is 9.31. The third-order valence-corrected chi connectivity index (χ3v) is 3.85. The van der Waals surface area contributed by atoms with Gasteiger partial charge in [-0.1, -0.05) is 25.5 Å². The average Bonchev–Trinajstić information content (AvgIpc) is 2.24. The third-order valence-electron chi connectivity index (χ3n) is 3.85. The maximum absolute atomic E-state index is 9.31. The number of hydrogen-bond donors (Lipinski definition) is 2. The van der Waals surface area contributed by atoms with Crippen LogP contribution in [0.4, 0.5) is 0 Å². The zero-order valence-electron chi connectivity index (χ0n) is 9.95. The van der Waals surface area contributed by atoms with E-state index in [1.54, 1.807) is 12.1 Å². The summed E-state index contributed by atoms with van der Waals surface area (Å²) in [6, 6.07) is 7.56. The minimum atomic E-state index is 0.00693. The van der Waals surface area contributed by atoms with Crippen molar-refractivity contribution in [1.29, 1.82) is 0 Å². The van der Waals surface area contributed by atoms with Gasteiger partial charge in [-0.15, -0.1) is 0 Å². The second-order valence-corrected chi connectivity index (χ2v) is 5.02. The van der Waals surface area contributed by atoms with Crippen molar-refractivity contribution < 1.29 is 5.11 Å². The van der Waals surface area contributed by atoms with Crippen molar-refractivity contribution >= 4 is 0 Å². The van der Waals surface area contributed by atoms with Gasteiger partial charge in [0.1, 0.15) is 5.75 Å². The van der Waals surface area contributed by atoms with Gasteiger partial charge in [0.25, 0.3) is 0 Å². The topological polar surface area (TPSA) is 46.2 Å². The summed E-state index contributed by atoms with van der Waals surface area (Å²) in [5, 5.41) is 9.31. The van der Waals surface area contributed by atoms with Crippen LogP contribution in [0.15, 0.2) is 24.3 Å². The first-order chi connectivity index (χ1) is 7.65. The van der Waals surface area contributed by atoms with Crippen LogP contribution < -0.4 is 5.73 Å². The van der Waals surface area contributed by atoms with Crippen molar-refractivity contribution in [2.45, 2.75) is 50.5 Å². The SMILES string of the molecule is CCCC(c1ccc(O)cc1)C1(N)CCC1. The van der Waals surface area contributed by atoms with E-state index >= 15 is 0 Å². The number of hydrogen-bond acceptors (Lipinski definition) is 2. The van der Waals surface area contributed by atoms with Crippen LogP contribution >= 0.6 is 0 Å². The molecule has 1 aromatic rings. The van der Waals surface area contributed by atoms with E-state index in [0.717, 1.165) is 25.7 Å². The summed E-state index contributed by atoms with van der Waals surface area (Å²) in [6.07, 6.45) is 5.83. The summed E-state index contributed by atoms with van der Waals surface area (Å²) in [7, 11) is 0. The fourth-order valence-corrected chi connectivity index (χ4v) is 2.71. The Labute approximate surface area is 97.5 Å². The highest BCUT2D eigenvalue weighted by Crippen LogP contribution is 2.43. The summed E-state index contributed by atoms with van der Waals surface area (Å²) < 4.78 is 0. The first kappa shape index (κ1) is 11.5. The normalized spacial score (nSPS) is 20.1. The fraction of sp³-hybridized carbons (Fsp3) is 0.571. The molecule has 2 heteroatoms. The number of benzene rings is 1. The molecule has 0 amide bonds. The van der Waals surface area contributed by atoms with E-state index in [2.05, 4.69) is 6.92 Å². The lowest BCUT2D eigenvalue weighted by atomic mass is 9.65. The molecule has 1 unspecified atom stereocenters. The predicted octanol–water partition coefficient (Wildman–Crippen LogP) is 3.16. The van der Waals surface area contributed by atoms with E-state index in [1.165, 1.54) is 12.0 Å². The van der Waals surface area contributed by atoms with E-state index in [4.69, 9.17) is 5.73 Å². The van der Waals surface area contributed by atoms with Gasteiger partial charge in [-0.05, 0) is 43.4 Å². The molecule has 16 heavy (non-hydrogen) atoms. The molecule has 1 atom stereocenters. The average molecular weight is 219 g/mol. The molecule has 0 aliphatic heterocycles. The van der Waals surface area contributed by atoms with E-state index in [-0.39, 0.29) is 5.54 Å². The van der Waals surface area contributed by atoms with Crippen LogP contribution in [-0.2, 0) is 0 Å². The smallest absolute Gasteiger partial charge is 0.115 e. The molecule has 1 aliphatic rings. The summed E-state index contributed by atoms with van der Waals surface area (Å²) in [5.74, 6) is 0.783. The van der Waals surface area contributed by atoms with Crippen LogP contribution in [0.3, 0.4) is 0 Å². The summed E-state index contributed by atoms with van der Waals surface area (Å²) in [6.45, 7) is 2.20. The number of phenols is 1. The van der Waals surface area contributed by atoms with Crippen molar-refractivity contribution in [2.24, 2.45) is 5.73 Å². The van der Waals surface area contributed by atoms with Crippen LogP contribution in [-0.4, -0.2) is 10.6 Å². The lowest BCUT2D eigenvalue weighted by molar-refractivity contribution is 0.192. The van der Waals surface area contributed by atoms with Crippen molar-refractivity contribution in [3.05, 3.63) is 29.8 Å². The van der Waals surface area contributed by atoms with Crippen molar-refractivity contribution in [3.8, 4) is 5.75 Å². The summed E-state index contributed by atoms with van der Waals surface area (Å²) >= 11 is 0. The highest BCUT2D eigenvalue weighted by molar-refractivity contribution is 5.31. The van der Waals surface area contributed by atoms with Crippen LogP contribution in [0, 0.1) is 0 Å². The molecule has 1 aromatic carbocycles. The molecule has 0 bridgehead atoms. The Bertz CT molecular complexity index is 340. The van der Waals surface area contributed by atoms with E-state index < -0.39 is 0 Å². The molecule has 1 aliphatic carbocycles. The molecule has 88 valence electrons. The lowest BCUT2D eigenvalue weighted by Crippen LogP contribution is -2.51. The van der Waals surface area contributed by atoms with Gasteiger partial charge in [0.2, 0.25) is 0 Å². The lowest BCUT2D eigenvalue weighted by Gasteiger charge is -2.45. The number of nitrogens with two attached hydrogens (primary N) is 1. The first-order valence-electron chi connectivity index (χ1n) is 6.23. The van der Waals surface area contributed by atoms with Gasteiger partial charge < -0.3 is 10.8 Å². The number of aromatic hydroxyl groups is 1. The van der Waals surface area contributed by atoms with Gasteiger partial charge in [-0.3, -0.25) is 0 Å². The van der Waals surface area contributed by atoms with Crippen LogP contribution in [0.2, 0.25) is 0 Å². The Balaban J connectivity index is 2.21. The van der Waals surface area contributed by atoms with Gasteiger partial charge in [-0.2, -0.15) is 0 Å². The van der Waals surface area contributed by atoms with Gasteiger partial charge in [0.05, 0.1) is 0 Å². The molecular weight excluding hydrogens is 198 g/mol. The van der Waals surface area contributed by atoms with Gasteiger partial charge >= 0.3 is 0 Å². The first-order valence-corrected chi connectivity index (χ1v) is 6.23. The zero-order chi connectivity index (χ0) is 11.6. The Kier molecular flexibility index (Phi) is 3.20. The molecule has 0 heterocycles. The summed E-state index contributed by atoms with van der Waals surface area (Å²) in [5.41, 5.74) is 7.73. The molecule has 0 saturated heterocycles. The van der Waals surface area contributed by atoms with Crippen LogP contribution in [0.25, 0.3) is 0 Å². The number of phenolic OH excluding ortho intramolecular Hbond substituents is 1. The standard InChI is InChI=1S/C14H21NO/c1-2-4-13(14(15)9-3-10-14)11-5-7-12(16)8-6-11/h5-8,13,16H,2-4,9-10,15H2,1H3. The second-order valence-electron chi connectivity index (χ2n) is 5.02. The van der Waals surface area contributed by atoms with E-state index in [0.29, 0.717) is 11.7 Å². The van der Waals surface area contributed by atoms with Gasteiger partial charge in [-0.25, -0.2) is 0 Å². The van der Waals surface area contributed by atoms with Gasteiger partial charge in [0.15, 0.2) is 0 Å². The molecule has 1 saturated carbocycles. The Morgan fingerprint density at radius 1 is 1.31 bits per heavy atom. The minimum Gasteiger partial charge on any atom is -0.508 e. The highest BCUT2D eigenvalue weighted by Gasteiger charge is 2.40. The molecule has 0 aromatic heterocycles. The molecule has 0 spiro atoms. The molecule has 1 fully saturated rings. The monoisotopic (exact) mass is 219 g/mol. The van der Waals surface area contributed by atoms with Crippen molar-refractivity contribution in [1.82, 2.24) is 0 Å². The molecule has 2 nitrogen and oxygen atoms in total. The molecular formula is C14H21NO. The highest BCUT2D eigenvalue weighted by atomic mass is 16.3. The maximum Gasteiger partial charge on any atom is 0.115 e. The Morgan fingerprint density at radius 2 is 1.94 bits per heavy atom. The minimum absolute atomic E-state index is 0.00693. The predicted molar refractivity (Wildman–Crippen MR) is 66.5 cm³/mol. The van der Waals surface area contributed by atoms with E-state index in [1.807, 2.05) is 12.1 Å². The number of rotatable bonds is 4. The fourth-order valence-electron chi connectivity index (χ4n) is 2.71. The molecule has 3 N–H and O–H groups in total. The zero-order valence-corrected chi connectivity index (χ0v) is 9.95. The van der Waals surface area contributed by atoms with Crippen molar-refractivity contribution in [3.63, 3.8) is 0 Å². The second kappa shape index (κ2) is 4.46. The van der Waals surface area contributed by atoms with Crippen molar-refractivity contribution in [2.75, 3.05) is 0 Å². The Morgan fingerprint density at radius 3 is 2.38 bits per heavy atom. The van der Waals surface area contributed by atoms with Crippen LogP contribution in [0.5, 0.6) is 5.75 Å². The van der Waals surface area contributed by atoms with Crippen LogP contribution in [0.1, 0.15) is 50.5 Å². The molecule has 0 radical (unpaired) electrons. The van der Waals surface area contributed by atoms with E-state index in [9.17, 15) is 5.11 Å². The molecule has 2 rings (SSSR count). The largest absolute Gasteiger partial charge is 0.508 e.